The molecule has 0 unspecified atom stereocenters. The Morgan fingerprint density at radius 2 is 2.17 bits per heavy atom. The smallest absolute Gasteiger partial charge is 0.294 e. The Bertz CT molecular complexity index is 311. The fourth-order valence-electron chi connectivity index (χ4n) is 1.33. The molecular formula is C9H9BClN. The average molecular weight is 177 g/mol. The molecule has 2 rings (SSSR count). The monoisotopic (exact) mass is 177 g/mol. The molecule has 0 fully saturated rings. The molecule has 1 aliphatic heterocycles. The summed E-state index contributed by atoms with van der Waals surface area (Å²) in [5.74, 6) is 2.71. The fraction of sp³-hybridized carbons (Fsp3) is 0.111. The van der Waals surface area contributed by atoms with E-state index in [0.29, 0.717) is 5.78 Å². The molecule has 0 aliphatic carbocycles. The van der Waals surface area contributed by atoms with Crippen LogP contribution in [0.15, 0.2) is 30.2 Å². The molecular weight excluding hydrogens is 168 g/mol. The van der Waals surface area contributed by atoms with Crippen LogP contribution >= 0.6 is 11.6 Å². The van der Waals surface area contributed by atoms with Crippen molar-refractivity contribution >= 4 is 30.2 Å². The highest BCUT2D eigenvalue weighted by Gasteiger charge is 2.14. The minimum Gasteiger partial charge on any atom is -0.423 e. The summed E-state index contributed by atoms with van der Waals surface area (Å²) in [5, 5.41) is 3.33. The first-order chi connectivity index (χ1) is 5.90. The molecule has 0 saturated carbocycles. The number of nitrogens with one attached hydrogen (secondary N) is 1. The van der Waals surface area contributed by atoms with Crippen LogP contribution in [0.3, 0.4) is 0 Å². The van der Waals surface area contributed by atoms with Crippen LogP contribution in [0.1, 0.15) is 5.56 Å². The van der Waals surface area contributed by atoms with E-state index in [-0.39, 0.29) is 6.85 Å². The average Bonchev–Trinajstić information content (AvgIpc) is 2.17. The number of anilines is 1. The lowest BCUT2D eigenvalue weighted by molar-refractivity contribution is 1.59. The number of fused-ring (bicyclic) bond motifs is 1. The number of hydrogen-bond donors (Lipinski definition) is 1. The lowest BCUT2D eigenvalue weighted by atomic mass is 9.62. The Labute approximate surface area is 77.5 Å². The van der Waals surface area contributed by atoms with Crippen LogP contribution in [0.25, 0.3) is 6.08 Å². The van der Waals surface area contributed by atoms with Gasteiger partial charge in [-0.3, -0.25) is 0 Å². The van der Waals surface area contributed by atoms with Crippen molar-refractivity contribution in [2.24, 2.45) is 0 Å². The maximum Gasteiger partial charge on any atom is 0.294 e. The third kappa shape index (κ3) is 1.35. The highest BCUT2D eigenvalue weighted by atomic mass is 35.5. The number of rotatable bonds is 1. The Balaban J connectivity index is 2.33. The molecule has 0 aromatic heterocycles. The van der Waals surface area contributed by atoms with E-state index in [2.05, 4.69) is 29.4 Å². The van der Waals surface area contributed by atoms with Crippen LogP contribution in [-0.4, -0.2) is 12.6 Å². The summed E-state index contributed by atoms with van der Waals surface area (Å²) in [4.78, 5) is 0. The van der Waals surface area contributed by atoms with Gasteiger partial charge in [0.1, 0.15) is 0 Å². The van der Waals surface area contributed by atoms with Gasteiger partial charge in [0, 0.05) is 11.5 Å². The van der Waals surface area contributed by atoms with Crippen LogP contribution in [0.2, 0.25) is 0 Å². The molecule has 1 N–H and O–H groups in total. The van der Waals surface area contributed by atoms with E-state index < -0.39 is 0 Å². The minimum atomic E-state index is 0.279. The quantitative estimate of drug-likeness (QED) is 0.513. The van der Waals surface area contributed by atoms with Crippen molar-refractivity contribution in [1.82, 2.24) is 0 Å². The number of alkyl halides is 1. The second-order valence-electron chi connectivity index (χ2n) is 2.85. The molecule has 60 valence electrons. The molecule has 12 heavy (non-hydrogen) atoms. The molecule has 1 nitrogen and oxygen atoms in total. The molecule has 1 aliphatic rings. The maximum atomic E-state index is 5.73. The molecule has 0 amide bonds. The molecule has 0 spiro atoms. The summed E-state index contributed by atoms with van der Waals surface area (Å²) in [6.45, 7) is 0.279. The third-order valence-corrected chi connectivity index (χ3v) is 2.31. The number of benzene rings is 1. The van der Waals surface area contributed by atoms with Crippen LogP contribution in [-0.2, 0) is 0 Å². The Morgan fingerprint density at radius 1 is 1.33 bits per heavy atom. The highest BCUT2D eigenvalue weighted by molar-refractivity contribution is 6.75. The van der Waals surface area contributed by atoms with Crippen molar-refractivity contribution in [3.8, 4) is 0 Å². The molecule has 0 saturated heterocycles. The molecule has 0 atom stereocenters. The van der Waals surface area contributed by atoms with Crippen LogP contribution in [0.4, 0.5) is 5.69 Å². The zero-order valence-electron chi connectivity index (χ0n) is 6.63. The van der Waals surface area contributed by atoms with Gasteiger partial charge in [0.2, 0.25) is 0 Å². The molecule has 1 heterocycles. The summed E-state index contributed by atoms with van der Waals surface area (Å²) >= 11 is 5.73. The number of hydrogen-bond acceptors (Lipinski definition) is 1. The molecule has 1 aromatic rings. The zero-order chi connectivity index (χ0) is 8.39. The summed E-state index contributed by atoms with van der Waals surface area (Å²) in [6, 6.07) is 8.21. The fourth-order valence-corrected chi connectivity index (χ4v) is 1.51. The number of halogens is 1. The van der Waals surface area contributed by atoms with Crippen molar-refractivity contribution in [3.05, 3.63) is 35.8 Å². The number of para-hydroxylation sites is 1. The van der Waals surface area contributed by atoms with Gasteiger partial charge in [0.15, 0.2) is 0 Å². The Kier molecular flexibility index (Phi) is 2.09. The van der Waals surface area contributed by atoms with E-state index in [4.69, 9.17) is 11.6 Å². The third-order valence-electron chi connectivity index (χ3n) is 1.98. The van der Waals surface area contributed by atoms with E-state index in [1.54, 1.807) is 0 Å². The van der Waals surface area contributed by atoms with Crippen molar-refractivity contribution in [1.29, 1.82) is 0 Å². The molecule has 3 heteroatoms. The summed E-state index contributed by atoms with van der Waals surface area (Å²) < 4.78 is 0. The lowest BCUT2D eigenvalue weighted by Crippen LogP contribution is -2.27. The lowest BCUT2D eigenvalue weighted by Gasteiger charge is -2.17. The summed E-state index contributed by atoms with van der Waals surface area (Å²) in [6.07, 6.45) is 2.11. The summed E-state index contributed by atoms with van der Waals surface area (Å²) in [7, 11) is 0. The van der Waals surface area contributed by atoms with Crippen molar-refractivity contribution in [2.75, 3.05) is 11.0 Å². The van der Waals surface area contributed by atoms with Crippen LogP contribution in [0.5, 0.6) is 0 Å². The van der Waals surface area contributed by atoms with Crippen LogP contribution < -0.4 is 5.23 Å². The first-order valence-electron chi connectivity index (χ1n) is 4.00. The van der Waals surface area contributed by atoms with E-state index in [0.717, 1.165) is 0 Å². The van der Waals surface area contributed by atoms with E-state index in [1.165, 1.54) is 11.3 Å². The summed E-state index contributed by atoms with van der Waals surface area (Å²) in [5.41, 5.74) is 2.41. The SMILES string of the molecule is ClCB1C=Cc2ccccc2N1. The Hall–Kier alpha value is -0.885. The van der Waals surface area contributed by atoms with Gasteiger partial charge in [-0.1, -0.05) is 30.3 Å². The van der Waals surface area contributed by atoms with E-state index >= 15 is 0 Å². The molecule has 1 aromatic carbocycles. The van der Waals surface area contributed by atoms with Gasteiger partial charge >= 0.3 is 0 Å². The normalized spacial score (nSPS) is 13.9. The van der Waals surface area contributed by atoms with Crippen molar-refractivity contribution in [3.63, 3.8) is 0 Å². The highest BCUT2D eigenvalue weighted by Crippen LogP contribution is 2.21. The van der Waals surface area contributed by atoms with Gasteiger partial charge in [0.25, 0.3) is 6.85 Å². The van der Waals surface area contributed by atoms with Gasteiger partial charge in [-0.2, -0.15) is 0 Å². The Morgan fingerprint density at radius 3 is 3.00 bits per heavy atom. The molecule has 0 radical (unpaired) electrons. The van der Waals surface area contributed by atoms with Gasteiger partial charge in [0.05, 0.1) is 0 Å². The first kappa shape index (κ1) is 7.75. The first-order valence-corrected chi connectivity index (χ1v) is 4.53. The van der Waals surface area contributed by atoms with Gasteiger partial charge < -0.3 is 5.23 Å². The predicted molar refractivity (Wildman–Crippen MR) is 55.6 cm³/mol. The predicted octanol–water partition coefficient (Wildman–Crippen LogP) is 2.43. The second kappa shape index (κ2) is 3.24. The topological polar surface area (TPSA) is 12.0 Å². The van der Waals surface area contributed by atoms with Gasteiger partial charge in [-0.15, -0.1) is 11.6 Å². The molecule has 0 bridgehead atoms. The van der Waals surface area contributed by atoms with E-state index in [9.17, 15) is 0 Å². The maximum absolute atomic E-state index is 5.73. The standard InChI is InChI=1S/C9H9BClN/c11-7-10-6-5-8-3-1-2-4-9(8)12-10/h1-6,12H,7H2. The second-order valence-corrected chi connectivity index (χ2v) is 3.16. The van der Waals surface area contributed by atoms with Gasteiger partial charge in [-0.05, 0) is 11.6 Å². The van der Waals surface area contributed by atoms with Crippen molar-refractivity contribution < 1.29 is 0 Å². The zero-order valence-corrected chi connectivity index (χ0v) is 7.38. The van der Waals surface area contributed by atoms with Gasteiger partial charge in [-0.25, -0.2) is 0 Å². The van der Waals surface area contributed by atoms with Crippen molar-refractivity contribution in [2.45, 2.75) is 0 Å². The van der Waals surface area contributed by atoms with E-state index in [1.807, 2.05) is 12.1 Å². The van der Waals surface area contributed by atoms with Crippen LogP contribution in [0, 0.1) is 0 Å². The largest absolute Gasteiger partial charge is 0.423 e. The minimum absolute atomic E-state index is 0.279.